The van der Waals surface area contributed by atoms with E-state index in [2.05, 4.69) is 46.3 Å². The Morgan fingerprint density at radius 3 is 1.84 bits per heavy atom. The van der Waals surface area contributed by atoms with Crippen molar-refractivity contribution < 1.29 is 14.4 Å². The number of benzene rings is 5. The highest BCUT2D eigenvalue weighted by atomic mass is 79.9. The number of rotatable bonds is 3. The lowest BCUT2D eigenvalue weighted by Gasteiger charge is -2.55. The first-order valence-corrected chi connectivity index (χ1v) is 15.7. The highest BCUT2D eigenvalue weighted by Crippen LogP contribution is 2.77. The molecule has 5 aromatic carbocycles. The van der Waals surface area contributed by atoms with E-state index in [9.17, 15) is 0 Å². The van der Waals surface area contributed by atoms with E-state index in [1.807, 2.05) is 109 Å². The molecule has 2 heterocycles. The third kappa shape index (κ3) is 2.98. The summed E-state index contributed by atoms with van der Waals surface area (Å²) in [5.74, 6) is -1.46. The smallest absolute Gasteiger partial charge is 0.271 e. The first-order valence-electron chi connectivity index (χ1n) is 14.9. The van der Waals surface area contributed by atoms with E-state index < -0.39 is 28.9 Å². The highest BCUT2D eigenvalue weighted by molar-refractivity contribution is 9.10. The number of carbonyl (C=O) groups is 2. The molecule has 6 heteroatoms. The Labute approximate surface area is 263 Å². The summed E-state index contributed by atoms with van der Waals surface area (Å²) in [5, 5.41) is 1.86. The Morgan fingerprint density at radius 1 is 0.636 bits per heavy atom. The van der Waals surface area contributed by atoms with Crippen LogP contribution in [0.25, 0.3) is 0 Å². The number of para-hydroxylation sites is 1. The first kappa shape index (κ1) is 25.9. The lowest BCUT2D eigenvalue weighted by atomic mass is 9.43. The Bertz CT molecular complexity index is 1960. The Hall–Kier alpha value is -4.52. The maximum Gasteiger partial charge on any atom is 0.271 e. The van der Waals surface area contributed by atoms with Crippen LogP contribution < -0.4 is 9.96 Å². The van der Waals surface area contributed by atoms with Gasteiger partial charge >= 0.3 is 0 Å². The zero-order valence-corrected chi connectivity index (χ0v) is 25.4. The zero-order valence-electron chi connectivity index (χ0n) is 23.9. The van der Waals surface area contributed by atoms with Crippen molar-refractivity contribution in [2.75, 3.05) is 9.96 Å². The topological polar surface area (TPSA) is 49.9 Å². The van der Waals surface area contributed by atoms with Gasteiger partial charge in [-0.3, -0.25) is 14.4 Å². The molecule has 0 spiro atoms. The van der Waals surface area contributed by atoms with Crippen molar-refractivity contribution in [1.29, 1.82) is 0 Å². The van der Waals surface area contributed by atoms with Crippen LogP contribution in [0.1, 0.15) is 51.3 Å². The van der Waals surface area contributed by atoms with Crippen LogP contribution in [0, 0.1) is 12.3 Å². The third-order valence-electron chi connectivity index (χ3n) is 10.2. The molecule has 2 fully saturated rings. The number of amides is 2. The molecular weight excluding hydrogens is 612 g/mol. The highest BCUT2D eigenvalue weighted by Gasteiger charge is 2.87. The monoisotopic (exact) mass is 638 g/mol. The predicted molar refractivity (Wildman–Crippen MR) is 172 cm³/mol. The van der Waals surface area contributed by atoms with Crippen molar-refractivity contribution in [2.24, 2.45) is 5.41 Å². The summed E-state index contributed by atoms with van der Waals surface area (Å²) in [6.45, 7) is 2.00. The molecular formula is C38H27BrN2O3. The molecule has 2 bridgehead atoms. The van der Waals surface area contributed by atoms with Crippen LogP contribution in [0.3, 0.4) is 0 Å². The molecule has 44 heavy (non-hydrogen) atoms. The molecule has 5 aliphatic rings. The Kier molecular flexibility index (Phi) is 5.31. The van der Waals surface area contributed by atoms with E-state index in [0.717, 1.165) is 43.5 Å². The quantitative estimate of drug-likeness (QED) is 0.189. The molecule has 5 nitrogen and oxygen atoms in total. The van der Waals surface area contributed by atoms with Gasteiger partial charge in [0.2, 0.25) is 11.5 Å². The fourth-order valence-corrected chi connectivity index (χ4v) is 9.05. The first-order chi connectivity index (χ1) is 21.5. The summed E-state index contributed by atoms with van der Waals surface area (Å²) in [6.07, 6.45) is 0. The van der Waals surface area contributed by atoms with E-state index in [-0.39, 0.29) is 11.8 Å². The minimum atomic E-state index is -1.52. The van der Waals surface area contributed by atoms with Crippen LogP contribution in [0.5, 0.6) is 0 Å². The number of hydrogen-bond donors (Lipinski definition) is 0. The van der Waals surface area contributed by atoms with Gasteiger partial charge in [-0.05, 0) is 71.1 Å². The van der Waals surface area contributed by atoms with E-state index in [0.29, 0.717) is 5.69 Å². The number of imide groups is 1. The lowest BCUT2D eigenvalue weighted by molar-refractivity contribution is -0.153. The molecule has 3 aliphatic carbocycles. The minimum Gasteiger partial charge on any atom is -0.273 e. The van der Waals surface area contributed by atoms with Crippen LogP contribution in [0.15, 0.2) is 132 Å². The summed E-state index contributed by atoms with van der Waals surface area (Å²) in [5.41, 5.74) is 4.74. The summed E-state index contributed by atoms with van der Waals surface area (Å²) < 4.78 is 0.894. The molecule has 2 saturated heterocycles. The average Bonchev–Trinajstić information content (AvgIpc) is 3.49. The van der Waals surface area contributed by atoms with Crippen molar-refractivity contribution in [3.63, 3.8) is 0 Å². The normalized spacial score (nSPS) is 27.6. The molecule has 0 N–H and O–H groups in total. The van der Waals surface area contributed by atoms with E-state index in [1.165, 1.54) is 4.90 Å². The zero-order chi connectivity index (χ0) is 29.8. The largest absolute Gasteiger partial charge is 0.273 e. The third-order valence-corrected chi connectivity index (χ3v) is 10.7. The van der Waals surface area contributed by atoms with E-state index >= 15 is 9.59 Å². The van der Waals surface area contributed by atoms with Crippen molar-refractivity contribution in [1.82, 2.24) is 0 Å². The number of nitrogens with zero attached hydrogens (tertiary/aromatic N) is 2. The van der Waals surface area contributed by atoms with Gasteiger partial charge in [-0.15, -0.1) is 0 Å². The second-order valence-corrected chi connectivity index (χ2v) is 13.1. The minimum absolute atomic E-state index is 0.228. The van der Waals surface area contributed by atoms with Gasteiger partial charge < -0.3 is 0 Å². The standard InChI is InChI=1S/C38H27BrN2O3/c1-23-18-20-26(21-19-23)40-35(42)37-32-28-14-5-7-16-30(28)33(31-17-8-6-15-29(31)32)38(37,36(40)43)44-41(27-12-3-2-4-13-27)34(37)24-10-9-11-25(39)22-24/h2-22,32-34H,1H3. The number of halogens is 1. The Balaban J connectivity index is 1.43. The molecule has 214 valence electrons. The van der Waals surface area contributed by atoms with Gasteiger partial charge in [0, 0.05) is 10.4 Å². The van der Waals surface area contributed by atoms with Gasteiger partial charge in [0.25, 0.3) is 5.91 Å². The molecule has 3 atom stereocenters. The maximum absolute atomic E-state index is 15.7. The molecule has 0 radical (unpaired) electrons. The SMILES string of the molecule is Cc1ccc(N2C(=O)C34ON(c5ccccc5)C(c5cccc(Br)c5)C3(C2=O)C2c3ccccc3C4c3ccccc32)cc1. The molecule has 5 aromatic rings. The molecule has 2 amide bonds. The van der Waals surface area contributed by atoms with Crippen LogP contribution in [-0.4, -0.2) is 17.4 Å². The average molecular weight is 640 g/mol. The summed E-state index contributed by atoms with van der Waals surface area (Å²) >= 11 is 3.70. The van der Waals surface area contributed by atoms with Gasteiger partial charge in [0.05, 0.1) is 17.3 Å². The fourth-order valence-electron chi connectivity index (χ4n) is 8.63. The maximum atomic E-state index is 15.7. The molecule has 3 unspecified atom stereocenters. The summed E-state index contributed by atoms with van der Waals surface area (Å²) in [7, 11) is 0. The van der Waals surface area contributed by atoms with Crippen LogP contribution in [-0.2, 0) is 14.4 Å². The van der Waals surface area contributed by atoms with Crippen LogP contribution in [0.4, 0.5) is 11.4 Å². The van der Waals surface area contributed by atoms with Crippen LogP contribution >= 0.6 is 15.9 Å². The van der Waals surface area contributed by atoms with Crippen LogP contribution in [0.2, 0.25) is 0 Å². The second-order valence-electron chi connectivity index (χ2n) is 12.2. The molecule has 0 saturated carbocycles. The number of hydroxylamine groups is 1. The van der Waals surface area contributed by atoms with Crippen molar-refractivity contribution in [3.05, 3.63) is 165 Å². The van der Waals surface area contributed by atoms with Gasteiger partial charge in [-0.25, -0.2) is 9.96 Å². The predicted octanol–water partition coefficient (Wildman–Crippen LogP) is 7.84. The lowest BCUT2D eigenvalue weighted by Crippen LogP contribution is -2.63. The number of anilines is 2. The van der Waals surface area contributed by atoms with Gasteiger partial charge in [0.1, 0.15) is 11.5 Å². The molecule has 2 aliphatic heterocycles. The van der Waals surface area contributed by atoms with E-state index in [4.69, 9.17) is 4.84 Å². The number of hydrogen-bond acceptors (Lipinski definition) is 4. The van der Waals surface area contributed by atoms with Gasteiger partial charge in [-0.1, -0.05) is 112 Å². The van der Waals surface area contributed by atoms with Gasteiger partial charge in [0.15, 0.2) is 0 Å². The number of aryl methyl sites for hydroxylation is 1. The fraction of sp³-hybridized carbons (Fsp3) is 0.158. The summed E-state index contributed by atoms with van der Waals surface area (Å²) in [4.78, 5) is 39.8. The molecule has 10 rings (SSSR count). The van der Waals surface area contributed by atoms with E-state index in [1.54, 1.807) is 0 Å². The van der Waals surface area contributed by atoms with Crippen molar-refractivity contribution in [2.45, 2.75) is 30.4 Å². The van der Waals surface area contributed by atoms with Crippen molar-refractivity contribution >= 4 is 39.1 Å². The number of carbonyl (C=O) groups excluding carboxylic acids is 2. The summed E-state index contributed by atoms with van der Waals surface area (Å²) in [6, 6.07) is 41.6. The molecule has 0 aromatic heterocycles. The Morgan fingerprint density at radius 2 is 1.23 bits per heavy atom. The van der Waals surface area contributed by atoms with Gasteiger partial charge in [-0.2, -0.15) is 0 Å². The van der Waals surface area contributed by atoms with Crippen molar-refractivity contribution in [3.8, 4) is 0 Å². The second kappa shape index (κ2) is 9.00.